The van der Waals surface area contributed by atoms with E-state index in [1.54, 1.807) is 30.4 Å². The fourth-order valence-corrected chi connectivity index (χ4v) is 10.3. The number of pyridine rings is 1. The number of ether oxygens (including phenoxy) is 2. The van der Waals surface area contributed by atoms with Crippen LogP contribution in [0, 0.1) is 11.8 Å². The van der Waals surface area contributed by atoms with E-state index in [1.807, 2.05) is 48.5 Å². The molecule has 5 atom stereocenters. The van der Waals surface area contributed by atoms with Crippen LogP contribution in [0.4, 0.5) is 4.79 Å². The van der Waals surface area contributed by atoms with Gasteiger partial charge in [-0.15, -0.1) is 0 Å². The van der Waals surface area contributed by atoms with Crippen molar-refractivity contribution in [3.05, 3.63) is 78.1 Å². The maximum absolute atomic E-state index is 13.7. The second-order valence-corrected chi connectivity index (χ2v) is 20.3. The Hall–Kier alpha value is -7.20. The number of carboxylic acid groups (broad SMARTS) is 3. The number of hydrogen-bond donors (Lipinski definition) is 9. The molecule has 22 nitrogen and oxygen atoms in total. The molecule has 418 valence electrons. The van der Waals surface area contributed by atoms with E-state index in [0.717, 1.165) is 47.6 Å². The molecule has 77 heavy (non-hydrogen) atoms. The molecule has 0 unspecified atom stereocenters. The lowest BCUT2D eigenvalue weighted by Crippen LogP contribution is -2.51. The van der Waals surface area contributed by atoms with Crippen LogP contribution >= 0.6 is 0 Å². The SMILES string of the molecule is CN1C(=O)C[C@H](C(=O)NCCOC2CCC(OCCCC(=O)NC3CCC(C(=O)N[C@@H](Cc4ccc5ccccc5c4)C(=O)NCCCC[C@H](NC(=O)N[C@@H](CCC(=O)O)C(=O)O)C(=O)O)CC3)CC2)[C@H]1c1cccnc1. The van der Waals surface area contributed by atoms with Crippen LogP contribution in [-0.4, -0.2) is 148 Å². The Morgan fingerprint density at radius 2 is 1.36 bits per heavy atom. The predicted octanol–water partition coefficient (Wildman–Crippen LogP) is 3.75. The van der Waals surface area contributed by atoms with Crippen molar-refractivity contribution in [2.24, 2.45) is 11.8 Å². The highest BCUT2D eigenvalue weighted by Crippen LogP contribution is 2.37. The van der Waals surface area contributed by atoms with Crippen molar-refractivity contribution in [2.45, 2.75) is 152 Å². The molecule has 2 aromatic carbocycles. The number of aliphatic carboxylic acids is 3. The summed E-state index contributed by atoms with van der Waals surface area (Å²) in [4.78, 5) is 118. The number of rotatable bonds is 29. The van der Waals surface area contributed by atoms with Gasteiger partial charge in [0.1, 0.15) is 18.1 Å². The fourth-order valence-electron chi connectivity index (χ4n) is 10.3. The van der Waals surface area contributed by atoms with Gasteiger partial charge in [-0.05, 0) is 111 Å². The molecule has 3 aromatic rings. The summed E-state index contributed by atoms with van der Waals surface area (Å²) in [5.74, 6) is -5.96. The maximum atomic E-state index is 13.7. The topological polar surface area (TPSA) is 321 Å². The number of nitrogens with one attached hydrogen (secondary N) is 6. The number of carbonyl (C=O) groups is 9. The van der Waals surface area contributed by atoms with Crippen LogP contribution < -0.4 is 31.9 Å². The Morgan fingerprint density at radius 1 is 0.688 bits per heavy atom. The minimum Gasteiger partial charge on any atom is -0.481 e. The Bertz CT molecular complexity index is 2500. The number of likely N-dealkylation sites (tertiary alicyclic amines) is 1. The first-order chi connectivity index (χ1) is 37.0. The Morgan fingerprint density at radius 3 is 2.03 bits per heavy atom. The lowest BCUT2D eigenvalue weighted by atomic mass is 9.85. The molecule has 3 fully saturated rings. The third-order valence-corrected chi connectivity index (χ3v) is 14.6. The van der Waals surface area contributed by atoms with Crippen molar-refractivity contribution >= 4 is 64.2 Å². The molecule has 1 aromatic heterocycles. The normalized spacial score (nSPS) is 21.5. The Balaban J connectivity index is 0.857. The lowest BCUT2D eigenvalue weighted by molar-refractivity contribution is -0.141. The molecule has 7 amide bonds. The molecule has 0 bridgehead atoms. The second-order valence-electron chi connectivity index (χ2n) is 20.3. The van der Waals surface area contributed by atoms with Crippen LogP contribution in [0.5, 0.6) is 0 Å². The predicted molar refractivity (Wildman–Crippen MR) is 280 cm³/mol. The number of nitrogens with zero attached hydrogens (tertiary/aromatic N) is 2. The first-order valence-electron chi connectivity index (χ1n) is 26.8. The summed E-state index contributed by atoms with van der Waals surface area (Å²) >= 11 is 0. The van der Waals surface area contributed by atoms with Gasteiger partial charge < -0.3 is 61.6 Å². The molecule has 9 N–H and O–H groups in total. The molecule has 22 heteroatoms. The average Bonchev–Trinajstić information content (AvgIpc) is 3.73. The highest BCUT2D eigenvalue weighted by atomic mass is 16.5. The van der Waals surface area contributed by atoms with Gasteiger partial charge in [0.25, 0.3) is 0 Å². The van der Waals surface area contributed by atoms with Crippen molar-refractivity contribution in [1.29, 1.82) is 0 Å². The van der Waals surface area contributed by atoms with Crippen molar-refractivity contribution in [2.75, 3.05) is 33.4 Å². The summed E-state index contributed by atoms with van der Waals surface area (Å²) in [6.07, 6.45) is 9.91. The van der Waals surface area contributed by atoms with E-state index in [9.17, 15) is 53.4 Å². The number of carbonyl (C=O) groups excluding carboxylic acids is 6. The van der Waals surface area contributed by atoms with Gasteiger partial charge in [-0.3, -0.25) is 33.8 Å². The fraction of sp³-hybridized carbons (Fsp3) is 0.564. The molecule has 6 rings (SSSR count). The Kier molecular flexibility index (Phi) is 23.0. The maximum Gasteiger partial charge on any atom is 0.326 e. The molecule has 2 saturated carbocycles. The van der Waals surface area contributed by atoms with Gasteiger partial charge in [0, 0.05) is 76.8 Å². The number of carboxylic acids is 3. The summed E-state index contributed by atoms with van der Waals surface area (Å²) in [5, 5.41) is 46.1. The van der Waals surface area contributed by atoms with Crippen molar-refractivity contribution in [1.82, 2.24) is 41.8 Å². The largest absolute Gasteiger partial charge is 0.481 e. The quantitative estimate of drug-likeness (QED) is 0.0447. The summed E-state index contributed by atoms with van der Waals surface area (Å²) in [6.45, 7) is 1.31. The number of hydrogen-bond acceptors (Lipinski definition) is 12. The first-order valence-corrected chi connectivity index (χ1v) is 26.8. The van der Waals surface area contributed by atoms with Gasteiger partial charge in [-0.1, -0.05) is 48.5 Å². The van der Waals surface area contributed by atoms with Gasteiger partial charge in [-0.25, -0.2) is 14.4 Å². The molecule has 0 radical (unpaired) electrons. The highest BCUT2D eigenvalue weighted by molar-refractivity contribution is 5.91. The summed E-state index contributed by atoms with van der Waals surface area (Å²) in [7, 11) is 1.71. The molecular formula is C55H74N8O14. The number of unbranched alkanes of at least 4 members (excludes halogenated alkanes) is 1. The second kappa shape index (κ2) is 29.9. The van der Waals surface area contributed by atoms with Crippen LogP contribution in [0.15, 0.2) is 67.0 Å². The number of benzene rings is 2. The van der Waals surface area contributed by atoms with Crippen LogP contribution in [0.2, 0.25) is 0 Å². The summed E-state index contributed by atoms with van der Waals surface area (Å²) < 4.78 is 12.2. The molecule has 2 heterocycles. The van der Waals surface area contributed by atoms with E-state index in [-0.39, 0.29) is 86.1 Å². The number of aromatic nitrogens is 1. The van der Waals surface area contributed by atoms with E-state index in [0.29, 0.717) is 64.7 Å². The van der Waals surface area contributed by atoms with Gasteiger partial charge in [0.15, 0.2) is 0 Å². The van der Waals surface area contributed by atoms with E-state index in [1.165, 1.54) is 0 Å². The third-order valence-electron chi connectivity index (χ3n) is 14.6. The van der Waals surface area contributed by atoms with Crippen LogP contribution in [-0.2, 0) is 54.3 Å². The van der Waals surface area contributed by atoms with Gasteiger partial charge >= 0.3 is 23.9 Å². The van der Waals surface area contributed by atoms with Gasteiger partial charge in [-0.2, -0.15) is 0 Å². The van der Waals surface area contributed by atoms with E-state index < -0.39 is 66.7 Å². The smallest absolute Gasteiger partial charge is 0.326 e. The molecule has 2 aliphatic carbocycles. The van der Waals surface area contributed by atoms with Crippen molar-refractivity contribution in [3.63, 3.8) is 0 Å². The van der Waals surface area contributed by atoms with Gasteiger partial charge in [0.05, 0.1) is 30.8 Å². The molecule has 3 aliphatic rings. The van der Waals surface area contributed by atoms with Gasteiger partial charge in [0.2, 0.25) is 29.5 Å². The minimum absolute atomic E-state index is 0.0479. The molecular weight excluding hydrogens is 997 g/mol. The zero-order chi connectivity index (χ0) is 55.3. The van der Waals surface area contributed by atoms with Crippen LogP contribution in [0.25, 0.3) is 10.8 Å². The monoisotopic (exact) mass is 1070 g/mol. The van der Waals surface area contributed by atoms with E-state index in [4.69, 9.17) is 14.6 Å². The molecule has 1 saturated heterocycles. The molecule has 1 aliphatic heterocycles. The third kappa shape index (κ3) is 18.8. The number of urea groups is 1. The number of amides is 7. The number of fused-ring (bicyclic) bond motifs is 1. The lowest BCUT2D eigenvalue weighted by Gasteiger charge is -2.30. The zero-order valence-corrected chi connectivity index (χ0v) is 43.6. The average molecular weight is 1070 g/mol. The minimum atomic E-state index is -1.53. The van der Waals surface area contributed by atoms with Crippen molar-refractivity contribution < 1.29 is 67.9 Å². The van der Waals surface area contributed by atoms with Crippen LogP contribution in [0.3, 0.4) is 0 Å². The van der Waals surface area contributed by atoms with E-state index in [2.05, 4.69) is 36.9 Å². The zero-order valence-electron chi connectivity index (χ0n) is 43.6. The Labute approximate surface area is 447 Å². The first kappa shape index (κ1) is 59.1. The standard InChI is InChI=1S/C55H74N8O14/c1-63-47(65)32-42(49(63)38-10-6-25-56-33-38)51(69)58-27-29-77-41-21-19-40(20-22-41)76-28-7-12-46(64)59-39-17-15-36(16-18-39)50(68)60-45(31-34-13-14-35-8-2-3-9-37(35)30-34)52(70)57-26-5-4-11-43(53(71)72)61-55(75)62-44(54(73)74)23-24-48(66)67/h2-3,6,8-10,13-14,25,30,33,36,39-45,49H,4-5,7,11-12,15-24,26-29,31-32H2,1H3,(H,57,70)(H,58,69)(H,59,64)(H,60,68)(H,66,67)(H,71,72)(H,73,74)(H2,61,62,75)/t36?,39?,40?,41?,42-,43-,44-,45-,49+/m0/s1. The van der Waals surface area contributed by atoms with E-state index >= 15 is 0 Å². The summed E-state index contributed by atoms with van der Waals surface area (Å²) in [5.41, 5.74) is 1.66. The van der Waals surface area contributed by atoms with Crippen LogP contribution in [0.1, 0.15) is 120 Å². The summed E-state index contributed by atoms with van der Waals surface area (Å²) in [6, 6.07) is 11.9. The molecule has 0 spiro atoms. The highest BCUT2D eigenvalue weighted by Gasteiger charge is 2.43. The van der Waals surface area contributed by atoms with Crippen molar-refractivity contribution in [3.8, 4) is 0 Å².